The Balaban J connectivity index is 1.93. The first kappa shape index (κ1) is 15.9. The van der Waals surface area contributed by atoms with Crippen LogP contribution in [0, 0.1) is 17.1 Å². The Labute approximate surface area is 126 Å². The van der Waals surface area contributed by atoms with E-state index < -0.39 is 0 Å². The molecule has 5 heteroatoms. The van der Waals surface area contributed by atoms with Crippen LogP contribution in [0.15, 0.2) is 18.2 Å². The molecule has 0 spiro atoms. The smallest absolute Gasteiger partial charge is 0.124 e. The molecule has 0 aliphatic carbocycles. The minimum Gasteiger partial charge on any atom is -0.384 e. The summed E-state index contributed by atoms with van der Waals surface area (Å²) in [6.45, 7) is 10.5. The van der Waals surface area contributed by atoms with Gasteiger partial charge in [0.25, 0.3) is 0 Å². The van der Waals surface area contributed by atoms with E-state index in [9.17, 15) is 4.39 Å². The van der Waals surface area contributed by atoms with Gasteiger partial charge in [-0.25, -0.2) is 4.39 Å². The van der Waals surface area contributed by atoms with Crippen LogP contribution in [-0.4, -0.2) is 48.4 Å². The highest BCUT2D eigenvalue weighted by atomic mass is 19.1. The molecule has 1 aromatic rings. The molecule has 0 aromatic heterocycles. The number of nitrogens with zero attached hydrogens (tertiary/aromatic N) is 2. The lowest BCUT2D eigenvalue weighted by Gasteiger charge is -2.35. The lowest BCUT2D eigenvalue weighted by atomic mass is 10.1. The van der Waals surface area contributed by atoms with E-state index in [-0.39, 0.29) is 11.7 Å². The van der Waals surface area contributed by atoms with Crippen molar-refractivity contribution in [1.29, 1.82) is 5.41 Å². The Morgan fingerprint density at radius 2 is 1.81 bits per heavy atom. The van der Waals surface area contributed by atoms with Gasteiger partial charge in [0.05, 0.1) is 0 Å². The highest BCUT2D eigenvalue weighted by Crippen LogP contribution is 2.13. The third kappa shape index (κ3) is 4.79. The van der Waals surface area contributed by atoms with Crippen molar-refractivity contribution < 1.29 is 4.39 Å². The van der Waals surface area contributed by atoms with E-state index in [1.165, 1.54) is 12.1 Å². The molecule has 1 aliphatic rings. The molecule has 0 amide bonds. The second-order valence-electron chi connectivity index (χ2n) is 6.23. The summed E-state index contributed by atoms with van der Waals surface area (Å²) in [6, 6.07) is 4.66. The highest BCUT2D eigenvalue weighted by Gasteiger charge is 2.18. The van der Waals surface area contributed by atoms with Gasteiger partial charge < -0.3 is 10.6 Å². The van der Waals surface area contributed by atoms with Crippen LogP contribution in [0.4, 0.5) is 4.39 Å². The van der Waals surface area contributed by atoms with Crippen molar-refractivity contribution in [3.05, 3.63) is 35.1 Å². The molecule has 3 N–H and O–H groups in total. The SMILES string of the molecule is CC(C)CN1CCN(Cc2cc(F)cc(C(=N)N)c2)CC1. The molecule has 116 valence electrons. The van der Waals surface area contributed by atoms with Crippen LogP contribution >= 0.6 is 0 Å². The molecule has 1 saturated heterocycles. The Morgan fingerprint density at radius 1 is 1.19 bits per heavy atom. The molecule has 0 atom stereocenters. The molecule has 0 radical (unpaired) electrons. The Morgan fingerprint density at radius 3 is 2.38 bits per heavy atom. The van der Waals surface area contributed by atoms with Crippen LogP contribution < -0.4 is 5.73 Å². The summed E-state index contributed by atoms with van der Waals surface area (Å²) in [5, 5.41) is 7.43. The maximum Gasteiger partial charge on any atom is 0.124 e. The van der Waals surface area contributed by atoms with Gasteiger partial charge in [0.1, 0.15) is 11.7 Å². The van der Waals surface area contributed by atoms with Gasteiger partial charge >= 0.3 is 0 Å². The van der Waals surface area contributed by atoms with Crippen LogP contribution in [-0.2, 0) is 6.54 Å². The van der Waals surface area contributed by atoms with Crippen LogP contribution in [0.3, 0.4) is 0 Å². The first-order valence-corrected chi connectivity index (χ1v) is 7.52. The maximum absolute atomic E-state index is 13.6. The average Bonchev–Trinajstić information content (AvgIpc) is 2.39. The number of nitrogens with two attached hydrogens (primary N) is 1. The number of nitrogens with one attached hydrogen (secondary N) is 1. The van der Waals surface area contributed by atoms with Gasteiger partial charge in [-0.2, -0.15) is 0 Å². The summed E-state index contributed by atoms with van der Waals surface area (Å²) >= 11 is 0. The molecule has 2 rings (SSSR count). The molecule has 0 saturated carbocycles. The minimum atomic E-state index is -0.323. The highest BCUT2D eigenvalue weighted by molar-refractivity contribution is 5.95. The molecule has 1 heterocycles. The van der Waals surface area contributed by atoms with Crippen molar-refractivity contribution in [1.82, 2.24) is 9.80 Å². The summed E-state index contributed by atoms with van der Waals surface area (Å²) in [7, 11) is 0. The van der Waals surface area contributed by atoms with Crippen LogP contribution in [0.25, 0.3) is 0 Å². The van der Waals surface area contributed by atoms with E-state index in [2.05, 4.69) is 23.6 Å². The number of piperazine rings is 1. The molecule has 1 aliphatic heterocycles. The van der Waals surface area contributed by atoms with Gasteiger partial charge in [0.2, 0.25) is 0 Å². The summed E-state index contributed by atoms with van der Waals surface area (Å²) in [6.07, 6.45) is 0. The summed E-state index contributed by atoms with van der Waals surface area (Å²) in [5.74, 6) is 0.284. The van der Waals surface area contributed by atoms with Crippen molar-refractivity contribution in [2.45, 2.75) is 20.4 Å². The number of hydrogen-bond acceptors (Lipinski definition) is 3. The van der Waals surface area contributed by atoms with Crippen molar-refractivity contribution in [2.24, 2.45) is 11.7 Å². The normalized spacial score (nSPS) is 17.3. The first-order valence-electron chi connectivity index (χ1n) is 7.52. The molecule has 1 aromatic carbocycles. The molecule has 0 bridgehead atoms. The fourth-order valence-electron chi connectivity index (χ4n) is 2.80. The summed E-state index contributed by atoms with van der Waals surface area (Å²) < 4.78 is 13.6. The Hall–Kier alpha value is -1.46. The number of nitrogen functional groups attached to an aromatic ring is 1. The number of amidine groups is 1. The van der Waals surface area contributed by atoms with Crippen molar-refractivity contribution in [2.75, 3.05) is 32.7 Å². The number of benzene rings is 1. The largest absolute Gasteiger partial charge is 0.384 e. The third-order valence-electron chi connectivity index (χ3n) is 3.76. The predicted octanol–water partition coefficient (Wildman–Crippen LogP) is 1.88. The third-order valence-corrected chi connectivity index (χ3v) is 3.76. The van der Waals surface area contributed by atoms with E-state index in [0.717, 1.165) is 38.3 Å². The standard InChI is InChI=1S/C16H25FN4/c1-12(2)10-20-3-5-21(6-4-20)11-13-7-14(16(18)19)9-15(17)8-13/h7-9,12H,3-6,10-11H2,1-2H3,(H3,18,19). The zero-order valence-corrected chi connectivity index (χ0v) is 12.9. The zero-order valence-electron chi connectivity index (χ0n) is 12.9. The number of rotatable bonds is 5. The van der Waals surface area contributed by atoms with Gasteiger partial charge in [0.15, 0.2) is 0 Å². The molecule has 1 fully saturated rings. The lowest BCUT2D eigenvalue weighted by Crippen LogP contribution is -2.46. The second kappa shape index (κ2) is 7.00. The van der Waals surface area contributed by atoms with Gasteiger partial charge in [-0.3, -0.25) is 10.3 Å². The van der Waals surface area contributed by atoms with Crippen molar-refractivity contribution in [3.8, 4) is 0 Å². The summed E-state index contributed by atoms with van der Waals surface area (Å²) in [5.41, 5.74) is 6.79. The maximum atomic E-state index is 13.6. The molecule has 0 unspecified atom stereocenters. The van der Waals surface area contributed by atoms with E-state index >= 15 is 0 Å². The minimum absolute atomic E-state index is 0.0856. The van der Waals surface area contributed by atoms with Gasteiger partial charge in [-0.15, -0.1) is 0 Å². The van der Waals surface area contributed by atoms with Gasteiger partial charge in [-0.1, -0.05) is 13.8 Å². The second-order valence-corrected chi connectivity index (χ2v) is 6.23. The quantitative estimate of drug-likeness (QED) is 0.643. The molecule has 4 nitrogen and oxygen atoms in total. The van der Waals surface area contributed by atoms with Crippen LogP contribution in [0.2, 0.25) is 0 Å². The lowest BCUT2D eigenvalue weighted by molar-refractivity contribution is 0.117. The van der Waals surface area contributed by atoms with Gasteiger partial charge in [-0.05, 0) is 29.7 Å². The van der Waals surface area contributed by atoms with Crippen LogP contribution in [0.1, 0.15) is 25.0 Å². The molecular formula is C16H25FN4. The first-order chi connectivity index (χ1) is 9.94. The van der Waals surface area contributed by atoms with E-state index in [1.807, 2.05) is 6.07 Å². The fraction of sp³-hybridized carbons (Fsp3) is 0.562. The van der Waals surface area contributed by atoms with E-state index in [4.69, 9.17) is 11.1 Å². The fourth-order valence-corrected chi connectivity index (χ4v) is 2.80. The molecule has 21 heavy (non-hydrogen) atoms. The van der Waals surface area contributed by atoms with Crippen molar-refractivity contribution >= 4 is 5.84 Å². The van der Waals surface area contributed by atoms with E-state index in [1.54, 1.807) is 0 Å². The predicted molar refractivity (Wildman–Crippen MR) is 84.0 cm³/mol. The number of hydrogen-bond donors (Lipinski definition) is 2. The zero-order chi connectivity index (χ0) is 15.4. The van der Waals surface area contributed by atoms with E-state index in [0.29, 0.717) is 18.0 Å². The van der Waals surface area contributed by atoms with Gasteiger partial charge in [0, 0.05) is 44.8 Å². The summed E-state index contributed by atoms with van der Waals surface area (Å²) in [4.78, 5) is 4.81. The Kier molecular flexibility index (Phi) is 5.31. The Bertz CT molecular complexity index is 493. The number of halogens is 1. The van der Waals surface area contributed by atoms with Crippen molar-refractivity contribution in [3.63, 3.8) is 0 Å². The average molecular weight is 292 g/mol. The topological polar surface area (TPSA) is 56.4 Å². The monoisotopic (exact) mass is 292 g/mol. The molecular weight excluding hydrogens is 267 g/mol. The van der Waals surface area contributed by atoms with Crippen LogP contribution in [0.5, 0.6) is 0 Å².